The summed E-state index contributed by atoms with van der Waals surface area (Å²) in [6.07, 6.45) is 6.11. The van der Waals surface area contributed by atoms with Gasteiger partial charge in [0.15, 0.2) is 0 Å². The molecule has 0 aromatic heterocycles. The van der Waals surface area contributed by atoms with E-state index < -0.39 is 17.5 Å². The lowest BCUT2D eigenvalue weighted by Crippen LogP contribution is -2.60. The first-order valence-electron chi connectivity index (χ1n) is 17.2. The smallest absolute Gasteiger partial charge is 0.249 e. The predicted octanol–water partition coefficient (Wildman–Crippen LogP) is 4.86. The van der Waals surface area contributed by atoms with E-state index in [2.05, 4.69) is 24.1 Å². The number of amides is 4. The second-order valence-corrected chi connectivity index (χ2v) is 15.0. The molecule has 0 spiro atoms. The van der Waals surface area contributed by atoms with Crippen molar-refractivity contribution in [3.63, 3.8) is 0 Å². The molecule has 256 valence electrons. The molecule has 2 heterocycles. The lowest BCUT2D eigenvalue weighted by Gasteiger charge is -2.41. The number of hydrogen-bond donors (Lipinski definition) is 1. The Hall–Kier alpha value is -3.20. The second-order valence-electron chi connectivity index (χ2n) is 15.0. The maximum atomic E-state index is 14.2. The predicted molar refractivity (Wildman–Crippen MR) is 184 cm³/mol. The summed E-state index contributed by atoms with van der Waals surface area (Å²) in [5.74, 6) is -0.509. The third-order valence-electron chi connectivity index (χ3n) is 9.58. The zero-order valence-corrected chi connectivity index (χ0v) is 30.0. The van der Waals surface area contributed by atoms with E-state index in [4.69, 9.17) is 0 Å². The van der Waals surface area contributed by atoms with Crippen LogP contribution in [0.5, 0.6) is 0 Å². The van der Waals surface area contributed by atoms with E-state index >= 15 is 0 Å². The number of nitrogens with zero attached hydrogens (tertiary/aromatic N) is 4. The van der Waals surface area contributed by atoms with E-state index in [1.54, 1.807) is 35.7 Å². The number of carbonyl (C=O) groups excluding carboxylic acids is 4. The molecular weight excluding hydrogens is 578 g/mol. The highest BCUT2D eigenvalue weighted by Crippen LogP contribution is 2.27. The molecule has 9 heteroatoms. The van der Waals surface area contributed by atoms with Crippen LogP contribution < -0.4 is 5.32 Å². The second kappa shape index (κ2) is 16.1. The van der Waals surface area contributed by atoms with Gasteiger partial charge >= 0.3 is 0 Å². The van der Waals surface area contributed by atoms with Gasteiger partial charge in [0.05, 0.1) is 12.1 Å². The van der Waals surface area contributed by atoms with Gasteiger partial charge < -0.3 is 20.0 Å². The summed E-state index contributed by atoms with van der Waals surface area (Å²) in [6.45, 7) is 17.8. The van der Waals surface area contributed by atoms with E-state index in [1.165, 1.54) is 0 Å². The molecule has 3 rings (SSSR count). The van der Waals surface area contributed by atoms with Crippen LogP contribution in [0.3, 0.4) is 0 Å². The van der Waals surface area contributed by atoms with Gasteiger partial charge in [-0.2, -0.15) is 0 Å². The highest BCUT2D eigenvalue weighted by Gasteiger charge is 2.40. The maximum absolute atomic E-state index is 14.2. The largest absolute Gasteiger partial charge is 0.342 e. The Morgan fingerprint density at radius 1 is 0.935 bits per heavy atom. The van der Waals surface area contributed by atoms with Crippen molar-refractivity contribution >= 4 is 23.6 Å². The number of carbonyl (C=O) groups is 4. The zero-order valence-electron chi connectivity index (χ0n) is 30.0. The summed E-state index contributed by atoms with van der Waals surface area (Å²) in [6, 6.07) is 8.22. The number of nitrogens with one attached hydrogen (secondary N) is 1. The van der Waals surface area contributed by atoms with Gasteiger partial charge in [-0.05, 0) is 69.9 Å². The minimum absolute atomic E-state index is 0.0100. The minimum Gasteiger partial charge on any atom is -0.342 e. The molecular formula is C37H59N5O4. The van der Waals surface area contributed by atoms with Gasteiger partial charge in [0.2, 0.25) is 23.6 Å². The van der Waals surface area contributed by atoms with Crippen molar-refractivity contribution in [2.45, 2.75) is 124 Å². The quantitative estimate of drug-likeness (QED) is 0.350. The molecule has 0 aliphatic carbocycles. The van der Waals surface area contributed by atoms with Crippen LogP contribution in [0, 0.1) is 11.3 Å². The van der Waals surface area contributed by atoms with E-state index in [0.717, 1.165) is 37.8 Å². The van der Waals surface area contributed by atoms with Gasteiger partial charge in [0, 0.05) is 38.8 Å². The molecule has 1 aromatic carbocycles. The Balaban J connectivity index is 1.77. The number of hydrogen-bond acceptors (Lipinski definition) is 5. The Morgan fingerprint density at radius 3 is 2.15 bits per heavy atom. The Morgan fingerprint density at radius 2 is 1.57 bits per heavy atom. The molecule has 9 nitrogen and oxygen atoms in total. The van der Waals surface area contributed by atoms with Crippen molar-refractivity contribution in [2.24, 2.45) is 11.3 Å². The lowest BCUT2D eigenvalue weighted by atomic mass is 9.84. The van der Waals surface area contributed by atoms with Crippen molar-refractivity contribution in [1.29, 1.82) is 0 Å². The van der Waals surface area contributed by atoms with E-state index in [9.17, 15) is 19.2 Å². The summed E-state index contributed by atoms with van der Waals surface area (Å²) in [7, 11) is 3.54. The third-order valence-corrected chi connectivity index (χ3v) is 9.58. The summed E-state index contributed by atoms with van der Waals surface area (Å²) < 4.78 is 0. The molecule has 2 aliphatic heterocycles. The van der Waals surface area contributed by atoms with Crippen LogP contribution in [0.15, 0.2) is 42.0 Å². The molecule has 4 atom stereocenters. The van der Waals surface area contributed by atoms with Gasteiger partial charge in [-0.25, -0.2) is 0 Å². The van der Waals surface area contributed by atoms with Crippen LogP contribution in [0.25, 0.3) is 0 Å². The molecule has 4 amide bonds. The molecule has 0 saturated carbocycles. The number of piperidine rings is 1. The van der Waals surface area contributed by atoms with Gasteiger partial charge in [-0.3, -0.25) is 24.1 Å². The van der Waals surface area contributed by atoms with E-state index in [1.807, 2.05) is 71.0 Å². The number of likely N-dealkylation sites (N-methyl/N-ethyl adjacent to an activating group) is 2. The number of benzene rings is 1. The van der Waals surface area contributed by atoms with Crippen molar-refractivity contribution in [1.82, 2.24) is 24.9 Å². The van der Waals surface area contributed by atoms with Crippen molar-refractivity contribution in [2.75, 3.05) is 27.2 Å². The van der Waals surface area contributed by atoms with E-state index in [0.29, 0.717) is 25.1 Å². The van der Waals surface area contributed by atoms with Crippen LogP contribution in [-0.4, -0.2) is 101 Å². The average Bonchev–Trinajstić information content (AvgIpc) is 3.50. The Kier molecular flexibility index (Phi) is 13.0. The molecule has 2 saturated heterocycles. The van der Waals surface area contributed by atoms with Gasteiger partial charge in [-0.15, -0.1) is 0 Å². The molecule has 0 bridgehead atoms. The highest BCUT2D eigenvalue weighted by atomic mass is 16.2. The fraction of sp³-hybridized carbons (Fsp3) is 0.676. The molecule has 0 unspecified atom stereocenters. The number of rotatable bonds is 11. The monoisotopic (exact) mass is 637 g/mol. The standard InChI is InChI=1S/C37H59N5O4/c1-25(2)31(40(10)36(46)32(37(6,7)8)38-33(43)29-19-14-15-21-41(29)26(3)4)23-27(5)34(44)42-22-16-20-30(42)35(45)39(9)24-28-17-12-11-13-18-28/h11-13,17-18,23,25-26,29-32H,14-16,19-22,24H2,1-10H3,(H,38,43)/t29-,30+,31-,32-/m1/s1. The van der Waals surface area contributed by atoms with Crippen LogP contribution in [0.2, 0.25) is 0 Å². The average molecular weight is 638 g/mol. The summed E-state index contributed by atoms with van der Waals surface area (Å²) in [5, 5.41) is 3.14. The van der Waals surface area contributed by atoms with E-state index in [-0.39, 0.29) is 47.7 Å². The Bertz CT molecular complexity index is 1240. The third kappa shape index (κ3) is 9.20. The summed E-state index contributed by atoms with van der Waals surface area (Å²) in [5.41, 5.74) is 1.02. The maximum Gasteiger partial charge on any atom is 0.249 e. The van der Waals surface area contributed by atoms with Crippen LogP contribution in [-0.2, 0) is 25.7 Å². The first-order valence-corrected chi connectivity index (χ1v) is 17.2. The summed E-state index contributed by atoms with van der Waals surface area (Å²) in [4.78, 5) is 62.4. The fourth-order valence-electron chi connectivity index (χ4n) is 6.85. The molecule has 2 aliphatic rings. The SMILES string of the molecule is CC(=C[C@H](C(C)C)N(C)C(=O)[C@@H](NC(=O)[C@H]1CCCCN1C(C)C)C(C)(C)C)C(=O)N1CCC[C@H]1C(=O)N(C)Cc1ccccc1. The van der Waals surface area contributed by atoms with Crippen LogP contribution >= 0.6 is 0 Å². The zero-order chi connectivity index (χ0) is 34.3. The molecule has 2 fully saturated rings. The van der Waals surface area contributed by atoms with Gasteiger partial charge in [0.1, 0.15) is 12.1 Å². The minimum atomic E-state index is -0.729. The van der Waals surface area contributed by atoms with Gasteiger partial charge in [-0.1, -0.05) is 77.4 Å². The first kappa shape index (κ1) is 37.3. The van der Waals surface area contributed by atoms with Crippen LogP contribution in [0.4, 0.5) is 0 Å². The normalized spacial score (nSPS) is 20.9. The number of likely N-dealkylation sites (tertiary alicyclic amines) is 2. The highest BCUT2D eigenvalue weighted by molar-refractivity contribution is 5.97. The fourth-order valence-corrected chi connectivity index (χ4v) is 6.85. The topological polar surface area (TPSA) is 93.3 Å². The van der Waals surface area contributed by atoms with Crippen molar-refractivity contribution < 1.29 is 19.2 Å². The molecule has 1 N–H and O–H groups in total. The first-order chi connectivity index (χ1) is 21.5. The van der Waals surface area contributed by atoms with Crippen molar-refractivity contribution in [3.05, 3.63) is 47.5 Å². The van der Waals surface area contributed by atoms with Crippen LogP contribution in [0.1, 0.15) is 93.1 Å². The van der Waals surface area contributed by atoms with Crippen molar-refractivity contribution in [3.8, 4) is 0 Å². The van der Waals surface area contributed by atoms with Gasteiger partial charge in [0.25, 0.3) is 0 Å². The summed E-state index contributed by atoms with van der Waals surface area (Å²) >= 11 is 0. The molecule has 0 radical (unpaired) electrons. The molecule has 46 heavy (non-hydrogen) atoms. The Labute approximate surface area is 277 Å². The molecule has 1 aromatic rings. The lowest BCUT2D eigenvalue weighted by molar-refractivity contribution is -0.142.